The number of nitrogens with one attached hydrogen (secondary N) is 1. The minimum Gasteiger partial charge on any atom is -0.354 e. The predicted molar refractivity (Wildman–Crippen MR) is 130 cm³/mol. The van der Waals surface area contributed by atoms with Crippen molar-refractivity contribution in [3.8, 4) is 0 Å². The second-order valence-corrected chi connectivity index (χ2v) is 9.58. The topological polar surface area (TPSA) is 49.4 Å². The highest BCUT2D eigenvalue weighted by Gasteiger charge is 2.28. The predicted octanol–water partition coefficient (Wildman–Crippen LogP) is 5.79. The number of carbonyl (C=O) groups is 2. The highest BCUT2D eigenvalue weighted by Crippen LogP contribution is 2.22. The van der Waals surface area contributed by atoms with E-state index >= 15 is 0 Å². The lowest BCUT2D eigenvalue weighted by atomic mass is 10.1. The van der Waals surface area contributed by atoms with Crippen molar-refractivity contribution in [3.63, 3.8) is 0 Å². The lowest BCUT2D eigenvalue weighted by molar-refractivity contribution is -0.141. The first kappa shape index (κ1) is 25.3. The van der Waals surface area contributed by atoms with Crippen LogP contribution in [0.15, 0.2) is 59.5 Å². The third-order valence-electron chi connectivity index (χ3n) is 4.88. The molecule has 0 fully saturated rings. The van der Waals surface area contributed by atoms with Gasteiger partial charge in [-0.05, 0) is 54.3 Å². The molecule has 1 atom stereocenters. The number of nitrogens with zero attached hydrogens (tertiary/aromatic N) is 1. The summed E-state index contributed by atoms with van der Waals surface area (Å²) >= 11 is 7.64. The molecule has 4 nitrogen and oxygen atoms in total. The summed E-state index contributed by atoms with van der Waals surface area (Å²) in [5.74, 6) is 1.15. The zero-order valence-electron chi connectivity index (χ0n) is 18.6. The highest BCUT2D eigenvalue weighted by atomic mass is 35.5. The molecule has 2 aromatic rings. The van der Waals surface area contributed by atoms with Crippen molar-refractivity contribution < 1.29 is 9.59 Å². The maximum Gasteiger partial charge on any atom is 0.242 e. The van der Waals surface area contributed by atoms with Crippen molar-refractivity contribution in [1.29, 1.82) is 0 Å². The molecule has 0 radical (unpaired) electrons. The van der Waals surface area contributed by atoms with Gasteiger partial charge < -0.3 is 10.2 Å². The maximum atomic E-state index is 13.2. The van der Waals surface area contributed by atoms with E-state index in [1.54, 1.807) is 16.7 Å². The Labute approximate surface area is 195 Å². The van der Waals surface area contributed by atoms with Gasteiger partial charge in [-0.2, -0.15) is 0 Å². The van der Waals surface area contributed by atoms with Gasteiger partial charge in [0, 0.05) is 29.4 Å². The molecule has 1 N–H and O–H groups in total. The summed E-state index contributed by atoms with van der Waals surface area (Å²) in [6.07, 6.45) is 1.75. The van der Waals surface area contributed by atoms with Gasteiger partial charge in [0.15, 0.2) is 0 Å². The standard InChI is InChI=1S/C25H33ClN2O2S/c1-4-23(25(30)27-17-19(2)3)28(18-20-9-6-5-7-10-20)24(29)11-8-16-31-22-14-12-21(26)13-15-22/h5-7,9-10,12-15,19,23H,4,8,11,16-18H2,1-3H3,(H,27,30). The second-order valence-electron chi connectivity index (χ2n) is 7.98. The summed E-state index contributed by atoms with van der Waals surface area (Å²) in [4.78, 5) is 28.9. The van der Waals surface area contributed by atoms with Gasteiger partial charge in [0.2, 0.25) is 11.8 Å². The molecule has 0 saturated heterocycles. The number of benzene rings is 2. The van der Waals surface area contributed by atoms with E-state index in [4.69, 9.17) is 11.6 Å². The second kappa shape index (κ2) is 13.4. The van der Waals surface area contributed by atoms with E-state index in [0.717, 1.165) is 27.7 Å². The molecule has 0 aliphatic carbocycles. The lowest BCUT2D eigenvalue weighted by Crippen LogP contribution is -2.49. The number of thioether (sulfide) groups is 1. The summed E-state index contributed by atoms with van der Waals surface area (Å²) in [6.45, 7) is 7.14. The highest BCUT2D eigenvalue weighted by molar-refractivity contribution is 7.99. The van der Waals surface area contributed by atoms with Crippen molar-refractivity contribution >= 4 is 35.2 Å². The van der Waals surface area contributed by atoms with Gasteiger partial charge in [-0.1, -0.05) is 62.7 Å². The van der Waals surface area contributed by atoms with Crippen LogP contribution in [0.2, 0.25) is 5.02 Å². The first-order valence-corrected chi connectivity index (χ1v) is 12.3. The third-order valence-corrected chi connectivity index (χ3v) is 6.23. The van der Waals surface area contributed by atoms with Crippen LogP contribution in [0.4, 0.5) is 0 Å². The molecule has 0 aliphatic rings. The first-order chi connectivity index (χ1) is 14.9. The number of amides is 2. The number of rotatable bonds is 12. The van der Waals surface area contributed by atoms with E-state index in [9.17, 15) is 9.59 Å². The molecule has 0 aromatic heterocycles. The van der Waals surface area contributed by atoms with Gasteiger partial charge in [0.25, 0.3) is 0 Å². The van der Waals surface area contributed by atoms with Crippen LogP contribution in [0, 0.1) is 5.92 Å². The summed E-state index contributed by atoms with van der Waals surface area (Å²) in [7, 11) is 0. The van der Waals surface area contributed by atoms with E-state index in [0.29, 0.717) is 31.8 Å². The Kier molecular flexibility index (Phi) is 11.0. The van der Waals surface area contributed by atoms with Crippen LogP contribution in [-0.4, -0.2) is 35.1 Å². The summed E-state index contributed by atoms with van der Waals surface area (Å²) in [5, 5.41) is 3.72. The maximum absolute atomic E-state index is 13.2. The molecule has 2 aromatic carbocycles. The van der Waals surface area contributed by atoms with E-state index in [2.05, 4.69) is 19.2 Å². The van der Waals surface area contributed by atoms with E-state index in [1.165, 1.54) is 0 Å². The number of hydrogen-bond donors (Lipinski definition) is 1. The van der Waals surface area contributed by atoms with Gasteiger partial charge in [-0.15, -0.1) is 11.8 Å². The average Bonchev–Trinajstić information content (AvgIpc) is 2.77. The van der Waals surface area contributed by atoms with Gasteiger partial charge in [-0.25, -0.2) is 0 Å². The van der Waals surface area contributed by atoms with E-state index in [1.807, 2.05) is 61.5 Å². The van der Waals surface area contributed by atoms with Crippen molar-refractivity contribution in [2.24, 2.45) is 5.92 Å². The Balaban J connectivity index is 2.00. The lowest BCUT2D eigenvalue weighted by Gasteiger charge is -2.31. The summed E-state index contributed by atoms with van der Waals surface area (Å²) < 4.78 is 0. The van der Waals surface area contributed by atoms with Crippen LogP contribution >= 0.6 is 23.4 Å². The molecule has 1 unspecified atom stereocenters. The Morgan fingerprint density at radius 1 is 1.06 bits per heavy atom. The number of carbonyl (C=O) groups excluding carboxylic acids is 2. The first-order valence-electron chi connectivity index (χ1n) is 10.9. The van der Waals surface area contributed by atoms with Crippen molar-refractivity contribution in [3.05, 3.63) is 65.2 Å². The Bertz CT molecular complexity index is 812. The molecular weight excluding hydrogens is 428 g/mol. The van der Waals surface area contributed by atoms with Gasteiger partial charge in [0.1, 0.15) is 6.04 Å². The fourth-order valence-electron chi connectivity index (χ4n) is 3.21. The zero-order valence-corrected chi connectivity index (χ0v) is 20.2. The van der Waals surface area contributed by atoms with E-state index in [-0.39, 0.29) is 11.8 Å². The molecule has 6 heteroatoms. The normalized spacial score (nSPS) is 11.9. The SMILES string of the molecule is CCC(C(=O)NCC(C)C)N(Cc1ccccc1)C(=O)CCCSc1ccc(Cl)cc1. The van der Waals surface area contributed by atoms with Gasteiger partial charge in [0.05, 0.1) is 0 Å². The van der Waals surface area contributed by atoms with Crippen molar-refractivity contribution in [1.82, 2.24) is 10.2 Å². The average molecular weight is 461 g/mol. The monoisotopic (exact) mass is 460 g/mol. The van der Waals surface area contributed by atoms with Crippen LogP contribution in [0.5, 0.6) is 0 Å². The van der Waals surface area contributed by atoms with Crippen molar-refractivity contribution in [2.45, 2.75) is 57.5 Å². The van der Waals surface area contributed by atoms with Crippen LogP contribution in [0.3, 0.4) is 0 Å². The minimum atomic E-state index is -0.463. The molecule has 168 valence electrons. The summed E-state index contributed by atoms with van der Waals surface area (Å²) in [5.41, 5.74) is 1.03. The summed E-state index contributed by atoms with van der Waals surface area (Å²) in [6, 6.07) is 17.1. The van der Waals surface area contributed by atoms with Crippen LogP contribution < -0.4 is 5.32 Å². The van der Waals surface area contributed by atoms with Crippen molar-refractivity contribution in [2.75, 3.05) is 12.3 Å². The molecule has 0 saturated carbocycles. The number of hydrogen-bond acceptors (Lipinski definition) is 3. The largest absolute Gasteiger partial charge is 0.354 e. The smallest absolute Gasteiger partial charge is 0.242 e. The Hall–Kier alpha value is -1.98. The molecular formula is C25H33ClN2O2S. The number of halogens is 1. The fraction of sp³-hybridized carbons (Fsp3) is 0.440. The Morgan fingerprint density at radius 2 is 1.74 bits per heavy atom. The molecule has 31 heavy (non-hydrogen) atoms. The zero-order chi connectivity index (χ0) is 22.6. The van der Waals surface area contributed by atoms with E-state index < -0.39 is 6.04 Å². The third kappa shape index (κ3) is 8.96. The molecule has 0 spiro atoms. The minimum absolute atomic E-state index is 0.0205. The van der Waals surface area contributed by atoms with Gasteiger partial charge in [-0.3, -0.25) is 9.59 Å². The van der Waals surface area contributed by atoms with Crippen LogP contribution in [0.25, 0.3) is 0 Å². The van der Waals surface area contributed by atoms with Crippen LogP contribution in [-0.2, 0) is 16.1 Å². The molecule has 2 amide bonds. The quantitative estimate of drug-likeness (QED) is 0.322. The van der Waals surface area contributed by atoms with Gasteiger partial charge >= 0.3 is 0 Å². The molecule has 2 rings (SSSR count). The molecule has 0 heterocycles. The Morgan fingerprint density at radius 3 is 2.35 bits per heavy atom. The fourth-order valence-corrected chi connectivity index (χ4v) is 4.19. The van der Waals surface area contributed by atoms with Crippen LogP contribution in [0.1, 0.15) is 45.6 Å². The molecule has 0 bridgehead atoms. The molecule has 0 aliphatic heterocycles.